The Hall–Kier alpha value is -2.16. The van der Waals surface area contributed by atoms with Gasteiger partial charge in [-0.2, -0.15) is 0 Å². The predicted octanol–water partition coefficient (Wildman–Crippen LogP) is 3.15. The molecule has 1 aromatic carbocycles. The number of aryl methyl sites for hydroxylation is 4. The van der Waals surface area contributed by atoms with Crippen LogP contribution in [0.4, 0.5) is 17.3 Å². The molecule has 0 amide bonds. The molecule has 0 atom stereocenters. The van der Waals surface area contributed by atoms with Gasteiger partial charge in [-0.3, -0.25) is 0 Å². The van der Waals surface area contributed by atoms with Crippen LogP contribution in [0.15, 0.2) is 42.7 Å². The van der Waals surface area contributed by atoms with Crippen LogP contribution in [-0.2, 0) is 0 Å². The van der Waals surface area contributed by atoms with E-state index in [-0.39, 0.29) is 15.0 Å². The van der Waals surface area contributed by atoms with Gasteiger partial charge in [-0.1, -0.05) is 0 Å². The first-order chi connectivity index (χ1) is 11.5. The molecule has 0 saturated heterocycles. The van der Waals surface area contributed by atoms with Crippen molar-refractivity contribution in [1.29, 1.82) is 0 Å². The van der Waals surface area contributed by atoms with Crippen molar-refractivity contribution in [3.63, 3.8) is 0 Å². The second kappa shape index (κ2) is 5.73. The van der Waals surface area contributed by atoms with Crippen molar-refractivity contribution < 1.29 is 0 Å². The van der Waals surface area contributed by atoms with Crippen LogP contribution in [-0.4, -0.2) is 24.9 Å². The van der Waals surface area contributed by atoms with Crippen molar-refractivity contribution in [1.82, 2.24) is 9.97 Å². The Balaban J connectivity index is 2.02. The van der Waals surface area contributed by atoms with E-state index in [0.29, 0.717) is 0 Å². The fraction of sp³-hybridized carbons (Fsp3) is 0.200. The zero-order valence-electron chi connectivity index (χ0n) is 14.3. The minimum absolute atomic E-state index is 0.237. The summed E-state index contributed by atoms with van der Waals surface area (Å²) in [5.41, 5.74) is 6.21. The quantitative estimate of drug-likeness (QED) is 0.475. The Morgan fingerprint density at radius 1 is 0.833 bits per heavy atom. The summed E-state index contributed by atoms with van der Waals surface area (Å²) in [4.78, 5) is 11.7. The summed E-state index contributed by atoms with van der Waals surface area (Å²) < 4.78 is 2.63. The van der Waals surface area contributed by atoms with Crippen molar-refractivity contribution in [2.75, 3.05) is 4.90 Å². The van der Waals surface area contributed by atoms with Gasteiger partial charge in [0.05, 0.1) is 0 Å². The number of pyridine rings is 2. The molecule has 0 bridgehead atoms. The van der Waals surface area contributed by atoms with E-state index in [4.69, 9.17) is 9.97 Å². The van der Waals surface area contributed by atoms with E-state index in [0.717, 1.165) is 11.6 Å². The average Bonchev–Trinajstić information content (AvgIpc) is 2.53. The van der Waals surface area contributed by atoms with E-state index in [1.165, 1.54) is 36.9 Å². The topological polar surface area (TPSA) is 29.0 Å². The standard InChI is InChI=1S/C20H19N3Se/c1-12-8-14(3)18(15(4)9-12)23-19-16(6-5-7-21-19)24-17-10-13(2)11-22-20(17)23/h5-11H,1-4H3. The summed E-state index contributed by atoms with van der Waals surface area (Å²) >= 11 is 0.237. The van der Waals surface area contributed by atoms with E-state index >= 15 is 0 Å². The minimum atomic E-state index is 0.237. The van der Waals surface area contributed by atoms with Crippen LogP contribution >= 0.6 is 0 Å². The molecule has 0 radical (unpaired) electrons. The van der Waals surface area contributed by atoms with Crippen LogP contribution in [0.5, 0.6) is 0 Å². The molecule has 1 aliphatic heterocycles. The first kappa shape index (κ1) is 15.4. The molecule has 0 spiro atoms. The molecule has 0 N–H and O–H groups in total. The van der Waals surface area contributed by atoms with Gasteiger partial charge in [0, 0.05) is 0 Å². The molecule has 120 valence electrons. The fourth-order valence-electron chi connectivity index (χ4n) is 3.36. The van der Waals surface area contributed by atoms with Crippen molar-refractivity contribution in [3.8, 4) is 0 Å². The molecule has 0 aliphatic carbocycles. The zero-order valence-corrected chi connectivity index (χ0v) is 16.0. The number of fused-ring (bicyclic) bond motifs is 2. The van der Waals surface area contributed by atoms with E-state index in [1.807, 2.05) is 18.5 Å². The van der Waals surface area contributed by atoms with Gasteiger partial charge in [-0.25, -0.2) is 0 Å². The monoisotopic (exact) mass is 381 g/mol. The summed E-state index contributed by atoms with van der Waals surface area (Å²) in [7, 11) is 0. The molecule has 4 rings (SSSR count). The van der Waals surface area contributed by atoms with Crippen LogP contribution in [0.3, 0.4) is 0 Å². The number of hydrogen-bond acceptors (Lipinski definition) is 3. The Labute approximate surface area is 148 Å². The van der Waals surface area contributed by atoms with Crippen molar-refractivity contribution >= 4 is 41.2 Å². The van der Waals surface area contributed by atoms with Crippen molar-refractivity contribution in [2.24, 2.45) is 0 Å². The summed E-state index contributed by atoms with van der Waals surface area (Å²) in [6.45, 7) is 8.59. The Kier molecular flexibility index (Phi) is 3.67. The number of aromatic nitrogens is 2. The molecule has 3 nitrogen and oxygen atoms in total. The Morgan fingerprint density at radius 2 is 1.54 bits per heavy atom. The number of nitrogens with zero attached hydrogens (tertiary/aromatic N) is 3. The maximum atomic E-state index is 4.78. The van der Waals surface area contributed by atoms with E-state index in [9.17, 15) is 0 Å². The first-order valence-corrected chi connectivity index (χ1v) is 9.73. The fourth-order valence-corrected chi connectivity index (χ4v) is 5.67. The second-order valence-corrected chi connectivity index (χ2v) is 8.62. The van der Waals surface area contributed by atoms with Gasteiger partial charge >= 0.3 is 149 Å². The maximum absolute atomic E-state index is 4.78. The number of hydrogen-bond donors (Lipinski definition) is 0. The van der Waals surface area contributed by atoms with Crippen molar-refractivity contribution in [3.05, 3.63) is 65.0 Å². The molecule has 3 heterocycles. The second-order valence-electron chi connectivity index (χ2n) is 6.34. The van der Waals surface area contributed by atoms with Crippen molar-refractivity contribution in [2.45, 2.75) is 27.7 Å². The number of rotatable bonds is 1. The van der Waals surface area contributed by atoms with Crippen LogP contribution in [0.25, 0.3) is 0 Å². The zero-order chi connectivity index (χ0) is 16.8. The van der Waals surface area contributed by atoms with Gasteiger partial charge in [0.1, 0.15) is 0 Å². The third kappa shape index (κ3) is 2.43. The normalized spacial score (nSPS) is 12.8. The third-order valence-corrected chi connectivity index (χ3v) is 6.44. The summed E-state index contributed by atoms with van der Waals surface area (Å²) in [6.07, 6.45) is 3.83. The van der Waals surface area contributed by atoms with E-state index in [1.54, 1.807) is 0 Å². The predicted molar refractivity (Wildman–Crippen MR) is 101 cm³/mol. The van der Waals surface area contributed by atoms with Gasteiger partial charge in [-0.05, 0) is 0 Å². The van der Waals surface area contributed by atoms with E-state index < -0.39 is 0 Å². The van der Waals surface area contributed by atoms with Gasteiger partial charge in [0.2, 0.25) is 0 Å². The number of anilines is 3. The van der Waals surface area contributed by atoms with Gasteiger partial charge in [0.15, 0.2) is 0 Å². The Morgan fingerprint density at radius 3 is 2.29 bits per heavy atom. The summed E-state index contributed by atoms with van der Waals surface area (Å²) in [6, 6.07) is 11.0. The number of benzene rings is 1. The molecular weight excluding hydrogens is 361 g/mol. The van der Waals surface area contributed by atoms with Crippen LogP contribution in [0.1, 0.15) is 22.3 Å². The molecule has 1 aliphatic rings. The van der Waals surface area contributed by atoms with Gasteiger partial charge in [-0.15, -0.1) is 0 Å². The molecule has 24 heavy (non-hydrogen) atoms. The van der Waals surface area contributed by atoms with Gasteiger partial charge < -0.3 is 0 Å². The summed E-state index contributed by atoms with van der Waals surface area (Å²) in [5.74, 6) is 2.05. The molecular formula is C20H19N3Se. The molecule has 0 fully saturated rings. The van der Waals surface area contributed by atoms with Gasteiger partial charge in [0.25, 0.3) is 0 Å². The van der Waals surface area contributed by atoms with Crippen LogP contribution in [0, 0.1) is 27.7 Å². The van der Waals surface area contributed by atoms with Crippen LogP contribution < -0.4 is 13.8 Å². The first-order valence-electron chi connectivity index (χ1n) is 8.02. The molecule has 2 aromatic heterocycles. The molecule has 4 heteroatoms. The molecule has 0 unspecified atom stereocenters. The molecule has 3 aromatic rings. The molecule has 0 saturated carbocycles. The summed E-state index contributed by atoms with van der Waals surface area (Å²) in [5, 5.41) is 0. The average molecular weight is 380 g/mol. The van der Waals surface area contributed by atoms with Crippen LogP contribution in [0.2, 0.25) is 0 Å². The third-order valence-electron chi connectivity index (χ3n) is 4.22. The SMILES string of the molecule is Cc1cc(C)c(N2c3ncccc3[Se]c3cc(C)cnc32)c(C)c1. The Bertz CT molecular complexity index is 926. The van der Waals surface area contributed by atoms with E-state index in [2.05, 4.69) is 56.9 Å².